The molecule has 55 heavy (non-hydrogen) atoms. The van der Waals surface area contributed by atoms with Crippen molar-refractivity contribution in [3.8, 4) is 46.0 Å². The van der Waals surface area contributed by atoms with Gasteiger partial charge in [0.05, 0.1) is 0 Å². The van der Waals surface area contributed by atoms with Crippen molar-refractivity contribution in [3.63, 3.8) is 0 Å². The molecule has 266 valence electrons. The Labute approximate surface area is 325 Å². The molecule has 0 spiro atoms. The van der Waals surface area contributed by atoms with E-state index < -0.39 is 18.1 Å². The van der Waals surface area contributed by atoms with Gasteiger partial charge in [0.2, 0.25) is 0 Å². The fraction of sp³-hybridized carbons (Fsp3) is 0. The second-order valence-corrected chi connectivity index (χ2v) is 16.7. The number of benzene rings is 8. The van der Waals surface area contributed by atoms with Gasteiger partial charge in [0.15, 0.2) is 0 Å². The first kappa shape index (κ1) is 35.4. The Morgan fingerprint density at radius 2 is 0.418 bits per heavy atom. The van der Waals surface area contributed by atoms with Crippen LogP contribution in [0, 0.1) is 0 Å². The van der Waals surface area contributed by atoms with Gasteiger partial charge in [0.25, 0.3) is 18.1 Å². The second-order valence-electron chi connectivity index (χ2n) is 12.4. The normalized spacial score (nSPS) is 10.9. The van der Waals surface area contributed by atoms with Crippen LogP contribution in [0.5, 0.6) is 46.0 Å². The highest BCUT2D eigenvalue weighted by Crippen LogP contribution is 2.27. The van der Waals surface area contributed by atoms with Crippen molar-refractivity contribution in [3.05, 3.63) is 218 Å². The predicted molar refractivity (Wildman–Crippen MR) is 223 cm³/mol. The van der Waals surface area contributed by atoms with Crippen molar-refractivity contribution in [2.45, 2.75) is 0 Å². The molecule has 5 nitrogen and oxygen atoms in total. The Bertz CT molecular complexity index is 2090. The highest BCUT2D eigenvalue weighted by Gasteiger charge is 2.35. The van der Waals surface area contributed by atoms with Gasteiger partial charge in [0, 0.05) is 20.7 Å². The summed E-state index contributed by atoms with van der Waals surface area (Å²) in [5, 5.41) is 3.74. The van der Waals surface area contributed by atoms with Gasteiger partial charge < -0.3 is 23.1 Å². The van der Waals surface area contributed by atoms with Crippen LogP contribution < -0.4 is 39.7 Å². The zero-order valence-electron chi connectivity index (χ0n) is 29.8. The summed E-state index contributed by atoms with van der Waals surface area (Å²) in [7, 11) is -4.37. The molecule has 8 aromatic rings. The summed E-state index contributed by atoms with van der Waals surface area (Å²) in [6, 6.07) is 71.9. The molecule has 0 aliphatic carbocycles. The van der Waals surface area contributed by atoms with Crippen molar-refractivity contribution in [2.24, 2.45) is 0 Å². The van der Waals surface area contributed by atoms with E-state index in [1.54, 1.807) is 0 Å². The van der Waals surface area contributed by atoms with Crippen molar-refractivity contribution in [1.29, 1.82) is 0 Å². The zero-order chi connectivity index (χ0) is 37.1. The van der Waals surface area contributed by atoms with Gasteiger partial charge in [-0.3, -0.25) is 0 Å². The maximum absolute atomic E-state index is 7.79. The van der Waals surface area contributed by atoms with Crippen LogP contribution in [0.1, 0.15) is 0 Å². The van der Waals surface area contributed by atoms with E-state index >= 15 is 0 Å². The van der Waals surface area contributed by atoms with Crippen LogP contribution in [-0.2, 0) is 4.12 Å². The van der Waals surface area contributed by atoms with Crippen molar-refractivity contribution >= 4 is 38.8 Å². The third kappa shape index (κ3) is 8.78. The van der Waals surface area contributed by atoms with Gasteiger partial charge in [-0.25, -0.2) is 0 Å². The molecule has 0 amide bonds. The summed E-state index contributed by atoms with van der Waals surface area (Å²) in [6.45, 7) is 0. The van der Waals surface area contributed by atoms with Crippen molar-refractivity contribution in [1.82, 2.24) is 0 Å². The minimum atomic E-state index is -2.18. The largest absolute Gasteiger partial charge is 0.457 e. The smallest absolute Gasteiger partial charge is 0.280 e. The van der Waals surface area contributed by atoms with Gasteiger partial charge in [-0.15, -0.1) is 0 Å². The Balaban J connectivity index is 1.31. The van der Waals surface area contributed by atoms with Crippen LogP contribution in [-0.4, -0.2) is 18.1 Å². The van der Waals surface area contributed by atoms with Gasteiger partial charge in [-0.05, 0) is 72.8 Å². The molecule has 0 bridgehead atoms. The van der Waals surface area contributed by atoms with Gasteiger partial charge in [0.1, 0.15) is 46.0 Å². The quantitative estimate of drug-likeness (QED) is 0.104. The van der Waals surface area contributed by atoms with Crippen LogP contribution in [0.4, 0.5) is 0 Å². The molecule has 0 atom stereocenters. The van der Waals surface area contributed by atoms with E-state index in [0.29, 0.717) is 23.0 Å². The number of ether oxygens (including phenoxy) is 4. The van der Waals surface area contributed by atoms with Gasteiger partial charge >= 0.3 is 0 Å². The summed E-state index contributed by atoms with van der Waals surface area (Å²) in [5.74, 6) is 5.78. The average Bonchev–Trinajstić information content (AvgIpc) is 3.24. The summed E-state index contributed by atoms with van der Waals surface area (Å²) in [5.41, 5.74) is 0. The molecule has 0 saturated heterocycles. The number of hydrogen-bond acceptors (Lipinski definition) is 5. The first-order chi connectivity index (χ1) is 27.3. The molecule has 0 unspecified atom stereocenters. The Hall–Kier alpha value is -6.65. The molecule has 0 N–H and O–H groups in total. The Morgan fingerprint density at radius 3 is 0.655 bits per heavy atom. The molecule has 0 aliphatic rings. The molecule has 2 radical (unpaired) electrons. The fourth-order valence-electron chi connectivity index (χ4n) is 6.05. The zero-order valence-corrected chi connectivity index (χ0v) is 31.8. The molecule has 0 fully saturated rings. The molecular weight excluding hydrogens is 713 g/mol. The standard InChI is InChI=1S/C48H36O5Si2/c1-5-21-37(22-6-1)49-41-29-13-17-33-45(41)54(46-34-18-14-30-42(46)50-38-23-7-2-8-24-38)53-55(47-35-19-15-31-43(47)51-39-25-9-3-10-26-39)48-36-20-16-32-44(48)52-40-27-11-4-12-28-40/h1-36H. The molecule has 0 saturated carbocycles. The molecule has 8 rings (SSSR count). The third-order valence-corrected chi connectivity index (χ3v) is 13.9. The molecule has 0 aromatic heterocycles. The summed E-state index contributed by atoms with van der Waals surface area (Å²) >= 11 is 0. The minimum absolute atomic E-state index is 0.709. The first-order valence-corrected chi connectivity index (χ1v) is 20.8. The Morgan fingerprint density at radius 1 is 0.218 bits per heavy atom. The van der Waals surface area contributed by atoms with E-state index in [4.69, 9.17) is 23.1 Å². The summed E-state index contributed by atoms with van der Waals surface area (Å²) in [6.07, 6.45) is 0. The third-order valence-electron chi connectivity index (χ3n) is 8.61. The molecular formula is C48H36O5Si2. The summed E-state index contributed by atoms with van der Waals surface area (Å²) < 4.78 is 34.3. The Kier molecular flexibility index (Phi) is 11.2. The lowest BCUT2D eigenvalue weighted by Gasteiger charge is -2.28. The van der Waals surface area contributed by atoms with Crippen molar-refractivity contribution in [2.75, 3.05) is 0 Å². The van der Waals surface area contributed by atoms with Gasteiger partial charge in [-0.2, -0.15) is 0 Å². The maximum Gasteiger partial charge on any atom is 0.280 e. The van der Waals surface area contributed by atoms with E-state index in [2.05, 4.69) is 24.3 Å². The van der Waals surface area contributed by atoms with Crippen LogP contribution in [0.25, 0.3) is 0 Å². The minimum Gasteiger partial charge on any atom is -0.457 e. The topological polar surface area (TPSA) is 46.2 Å². The lowest BCUT2D eigenvalue weighted by molar-refractivity contribution is 0.480. The van der Waals surface area contributed by atoms with Crippen LogP contribution in [0.3, 0.4) is 0 Å². The number of rotatable bonds is 14. The van der Waals surface area contributed by atoms with E-state index in [-0.39, 0.29) is 0 Å². The molecule has 0 heterocycles. The van der Waals surface area contributed by atoms with E-state index in [1.807, 2.05) is 194 Å². The lowest BCUT2D eigenvalue weighted by atomic mass is 10.3. The lowest BCUT2D eigenvalue weighted by Crippen LogP contribution is -2.56. The fourth-order valence-corrected chi connectivity index (χ4v) is 11.6. The maximum atomic E-state index is 7.79. The van der Waals surface area contributed by atoms with Crippen molar-refractivity contribution < 1.29 is 23.1 Å². The highest BCUT2D eigenvalue weighted by atomic mass is 28.4. The van der Waals surface area contributed by atoms with E-state index in [9.17, 15) is 0 Å². The molecule has 7 heteroatoms. The summed E-state index contributed by atoms with van der Waals surface area (Å²) in [4.78, 5) is 0. The first-order valence-electron chi connectivity index (χ1n) is 18.0. The number of para-hydroxylation sites is 8. The van der Waals surface area contributed by atoms with Crippen LogP contribution in [0.15, 0.2) is 218 Å². The van der Waals surface area contributed by atoms with Gasteiger partial charge in [-0.1, -0.05) is 146 Å². The average molecular weight is 749 g/mol. The monoisotopic (exact) mass is 748 g/mol. The van der Waals surface area contributed by atoms with Crippen LogP contribution in [0.2, 0.25) is 0 Å². The highest BCUT2D eigenvalue weighted by molar-refractivity contribution is 6.93. The second kappa shape index (κ2) is 17.5. The molecule has 0 aliphatic heterocycles. The predicted octanol–water partition coefficient (Wildman–Crippen LogP) is 9.78. The SMILES string of the molecule is c1ccc(Oc2ccccc2[Si](O[Si](c2ccccc2Oc2ccccc2)c2ccccc2Oc2ccccc2)c2ccccc2Oc2ccccc2)cc1. The van der Waals surface area contributed by atoms with E-state index in [0.717, 1.165) is 43.7 Å². The van der Waals surface area contributed by atoms with Crippen LogP contribution >= 0.6 is 0 Å². The van der Waals surface area contributed by atoms with E-state index in [1.165, 1.54) is 0 Å². The molecule has 8 aromatic carbocycles. The number of hydrogen-bond donors (Lipinski definition) is 0.